The van der Waals surface area contributed by atoms with Crippen LogP contribution in [0.3, 0.4) is 0 Å². The molecule has 27 heavy (non-hydrogen) atoms. The lowest BCUT2D eigenvalue weighted by Crippen LogP contribution is -2.22. The molecule has 1 aliphatic rings. The van der Waals surface area contributed by atoms with Gasteiger partial charge in [-0.05, 0) is 55.5 Å². The van der Waals surface area contributed by atoms with Gasteiger partial charge in [-0.1, -0.05) is 48.8 Å². The minimum absolute atomic E-state index is 0.00683. The summed E-state index contributed by atoms with van der Waals surface area (Å²) < 4.78 is 5.40. The molecule has 1 aromatic rings. The monoisotopic (exact) mass is 390 g/mol. The van der Waals surface area contributed by atoms with Crippen molar-refractivity contribution in [3.05, 3.63) is 52.7 Å². The van der Waals surface area contributed by atoms with E-state index in [0.717, 1.165) is 48.7 Å². The van der Waals surface area contributed by atoms with E-state index in [1.54, 1.807) is 0 Å². The topological polar surface area (TPSA) is 42.9 Å². The molecule has 1 heterocycles. The summed E-state index contributed by atoms with van der Waals surface area (Å²) in [5, 5.41) is 8.31. The average molecular weight is 391 g/mol. The second-order valence-corrected chi connectivity index (χ2v) is 7.20. The maximum Gasteiger partial charge on any atom is 0.156 e. The maximum atomic E-state index is 6.22. The Hall–Kier alpha value is -1.78. The van der Waals surface area contributed by atoms with E-state index >= 15 is 0 Å². The van der Waals surface area contributed by atoms with E-state index in [2.05, 4.69) is 49.1 Å². The summed E-state index contributed by atoms with van der Waals surface area (Å²) >= 11 is 6.22. The number of hydrogen-bond acceptors (Lipinski definition) is 4. The number of hydrogen-bond donors (Lipinski definition) is 1. The summed E-state index contributed by atoms with van der Waals surface area (Å²) in [4.78, 5) is 5.40. The molecule has 1 atom stereocenters. The zero-order chi connectivity index (χ0) is 19.6. The minimum Gasteiger partial charge on any atom is -0.389 e. The van der Waals surface area contributed by atoms with E-state index in [4.69, 9.17) is 21.2 Å². The number of aryl methyl sites for hydroxylation is 1. The lowest BCUT2D eigenvalue weighted by Gasteiger charge is -2.14. The summed E-state index contributed by atoms with van der Waals surface area (Å²) in [7, 11) is 0. The van der Waals surface area contributed by atoms with Crippen molar-refractivity contribution in [2.24, 2.45) is 5.16 Å². The van der Waals surface area contributed by atoms with Crippen molar-refractivity contribution in [2.75, 3.05) is 19.8 Å². The summed E-state index contributed by atoms with van der Waals surface area (Å²) in [5.41, 5.74) is 5.48. The number of oxime groups is 1. The van der Waals surface area contributed by atoms with Gasteiger partial charge in [0, 0.05) is 24.6 Å². The fourth-order valence-electron chi connectivity index (χ4n) is 3.00. The Morgan fingerprint density at radius 3 is 3.00 bits per heavy atom. The molecule has 4 nitrogen and oxygen atoms in total. The second kappa shape index (κ2) is 11.2. The fraction of sp³-hybridized carbons (Fsp3) is 0.500. The highest BCUT2D eigenvalue weighted by Crippen LogP contribution is 2.26. The molecule has 5 heteroatoms. The van der Waals surface area contributed by atoms with Gasteiger partial charge in [0.2, 0.25) is 0 Å². The summed E-state index contributed by atoms with van der Waals surface area (Å²) in [6.07, 6.45) is 6.12. The van der Waals surface area contributed by atoms with Gasteiger partial charge < -0.3 is 14.9 Å². The van der Waals surface area contributed by atoms with E-state index in [1.807, 2.05) is 13.0 Å². The molecule has 1 aromatic carbocycles. The summed E-state index contributed by atoms with van der Waals surface area (Å²) in [6, 6.07) is 6.07. The first-order chi connectivity index (χ1) is 13.0. The smallest absolute Gasteiger partial charge is 0.156 e. The van der Waals surface area contributed by atoms with Crippen LogP contribution in [-0.4, -0.2) is 31.6 Å². The third kappa shape index (κ3) is 6.71. The SMILES string of the molecule is C=C(NCC/C(=C/CCC)c1cc(Cl)ccc1C)C1=NOC(COCC)C1. The summed E-state index contributed by atoms with van der Waals surface area (Å²) in [6.45, 7) is 12.4. The Morgan fingerprint density at radius 2 is 2.26 bits per heavy atom. The van der Waals surface area contributed by atoms with Gasteiger partial charge in [0.05, 0.1) is 12.3 Å². The van der Waals surface area contributed by atoms with Crippen LogP contribution in [-0.2, 0) is 9.57 Å². The molecule has 0 saturated heterocycles. The first-order valence-electron chi connectivity index (χ1n) is 9.74. The Morgan fingerprint density at radius 1 is 1.44 bits per heavy atom. The third-order valence-electron chi connectivity index (χ3n) is 4.55. The predicted octanol–water partition coefficient (Wildman–Crippen LogP) is 5.51. The van der Waals surface area contributed by atoms with Gasteiger partial charge in [-0.15, -0.1) is 0 Å². The van der Waals surface area contributed by atoms with Crippen molar-refractivity contribution in [1.29, 1.82) is 0 Å². The molecular weight excluding hydrogens is 360 g/mol. The van der Waals surface area contributed by atoms with E-state index in [0.29, 0.717) is 13.2 Å². The molecule has 148 valence electrons. The molecule has 1 N–H and O–H groups in total. The van der Waals surface area contributed by atoms with Crippen molar-refractivity contribution < 1.29 is 9.57 Å². The Labute approximate surface area is 168 Å². The molecule has 0 aromatic heterocycles. The normalized spacial score (nSPS) is 16.8. The zero-order valence-corrected chi connectivity index (χ0v) is 17.4. The van der Waals surface area contributed by atoms with E-state index < -0.39 is 0 Å². The van der Waals surface area contributed by atoms with E-state index in [1.165, 1.54) is 16.7 Å². The van der Waals surface area contributed by atoms with Gasteiger partial charge in [-0.3, -0.25) is 0 Å². The van der Waals surface area contributed by atoms with Crippen LogP contribution in [0.1, 0.15) is 50.7 Å². The van der Waals surface area contributed by atoms with Crippen LogP contribution >= 0.6 is 11.6 Å². The molecule has 0 spiro atoms. The summed E-state index contributed by atoms with van der Waals surface area (Å²) in [5.74, 6) is 0. The molecule has 0 amide bonds. The lowest BCUT2D eigenvalue weighted by molar-refractivity contribution is 0.00672. The van der Waals surface area contributed by atoms with Crippen molar-refractivity contribution in [1.82, 2.24) is 5.32 Å². The van der Waals surface area contributed by atoms with Gasteiger partial charge in [0.15, 0.2) is 6.10 Å². The molecule has 2 rings (SSSR count). The van der Waals surface area contributed by atoms with Gasteiger partial charge in [0.25, 0.3) is 0 Å². The van der Waals surface area contributed by atoms with E-state index in [-0.39, 0.29) is 6.10 Å². The fourth-order valence-corrected chi connectivity index (χ4v) is 3.17. The molecule has 0 aliphatic carbocycles. The maximum absolute atomic E-state index is 6.22. The Bertz CT molecular complexity index is 698. The highest BCUT2D eigenvalue weighted by atomic mass is 35.5. The van der Waals surface area contributed by atoms with Crippen molar-refractivity contribution in [3.8, 4) is 0 Å². The third-order valence-corrected chi connectivity index (χ3v) is 4.78. The van der Waals surface area contributed by atoms with Gasteiger partial charge in [0.1, 0.15) is 5.71 Å². The Balaban J connectivity index is 1.90. The van der Waals surface area contributed by atoms with Gasteiger partial charge in [-0.25, -0.2) is 0 Å². The highest BCUT2D eigenvalue weighted by Gasteiger charge is 2.22. The van der Waals surface area contributed by atoms with Crippen LogP contribution in [0.25, 0.3) is 5.57 Å². The first-order valence-corrected chi connectivity index (χ1v) is 10.1. The van der Waals surface area contributed by atoms with Crippen molar-refractivity contribution in [3.63, 3.8) is 0 Å². The zero-order valence-electron chi connectivity index (χ0n) is 16.7. The lowest BCUT2D eigenvalue weighted by atomic mass is 9.96. The van der Waals surface area contributed by atoms with Crippen LogP contribution in [0.15, 0.2) is 41.7 Å². The molecule has 1 unspecified atom stereocenters. The predicted molar refractivity (Wildman–Crippen MR) is 114 cm³/mol. The van der Waals surface area contributed by atoms with Crippen LogP contribution < -0.4 is 5.32 Å². The first kappa shape index (κ1) is 21.5. The number of halogens is 1. The largest absolute Gasteiger partial charge is 0.389 e. The average Bonchev–Trinajstić information content (AvgIpc) is 3.14. The number of ether oxygens (including phenoxy) is 1. The van der Waals surface area contributed by atoms with Crippen LogP contribution in [0.4, 0.5) is 0 Å². The molecule has 0 fully saturated rings. The number of unbranched alkanes of at least 4 members (excludes halogenated alkanes) is 1. The quantitative estimate of drug-likeness (QED) is 0.542. The van der Waals surface area contributed by atoms with Crippen LogP contribution in [0.5, 0.6) is 0 Å². The number of rotatable bonds is 11. The second-order valence-electron chi connectivity index (χ2n) is 6.76. The number of nitrogens with one attached hydrogen (secondary N) is 1. The molecular formula is C22H31ClN2O2. The number of allylic oxidation sites excluding steroid dienone is 2. The van der Waals surface area contributed by atoms with Gasteiger partial charge >= 0.3 is 0 Å². The molecule has 1 aliphatic heterocycles. The van der Waals surface area contributed by atoms with Crippen LogP contribution in [0, 0.1) is 6.92 Å². The van der Waals surface area contributed by atoms with E-state index in [9.17, 15) is 0 Å². The molecule has 0 bridgehead atoms. The van der Waals surface area contributed by atoms with Gasteiger partial charge in [-0.2, -0.15) is 0 Å². The molecule has 0 radical (unpaired) electrons. The standard InChI is InChI=1S/C22H31ClN2O2/c1-5-7-8-18(21-13-19(23)10-9-16(21)3)11-12-24-17(4)22-14-20(27-25-22)15-26-6-2/h8-10,13,20,24H,4-7,11-12,14-15H2,1-3H3/b18-8-. The van der Waals surface area contributed by atoms with Crippen molar-refractivity contribution >= 4 is 22.9 Å². The highest BCUT2D eigenvalue weighted by molar-refractivity contribution is 6.30. The van der Waals surface area contributed by atoms with Crippen molar-refractivity contribution in [2.45, 2.75) is 52.6 Å². The molecule has 0 saturated carbocycles. The minimum atomic E-state index is -0.00683. The number of benzene rings is 1. The number of nitrogens with zero attached hydrogens (tertiary/aromatic N) is 1. The Kier molecular flexibility index (Phi) is 8.89. The van der Waals surface area contributed by atoms with Crippen LogP contribution in [0.2, 0.25) is 5.02 Å².